The second-order valence-corrected chi connectivity index (χ2v) is 16.3. The molecular formula is C32H43N8O11PS. The molecule has 1 aliphatic rings. The first kappa shape index (κ1) is 39.8. The summed E-state index contributed by atoms with van der Waals surface area (Å²) in [7, 11) is -5.25. The lowest BCUT2D eigenvalue weighted by Gasteiger charge is -2.37. The highest BCUT2D eigenvalue weighted by Crippen LogP contribution is 2.52. The van der Waals surface area contributed by atoms with E-state index in [0.29, 0.717) is 11.3 Å². The summed E-state index contributed by atoms with van der Waals surface area (Å²) >= 11 is 0. The van der Waals surface area contributed by atoms with Gasteiger partial charge in [0.2, 0.25) is 16.0 Å². The number of sulfonamides is 1. The number of nitrogens with two attached hydrogens (primary N) is 1. The van der Waals surface area contributed by atoms with Gasteiger partial charge < -0.3 is 35.1 Å². The van der Waals surface area contributed by atoms with Crippen LogP contribution in [0, 0.1) is 5.92 Å². The van der Waals surface area contributed by atoms with E-state index in [-0.39, 0.29) is 48.1 Å². The molecule has 1 fully saturated rings. The number of esters is 1. The van der Waals surface area contributed by atoms with Crippen LogP contribution >= 0.6 is 7.75 Å². The van der Waals surface area contributed by atoms with Gasteiger partial charge in [-0.3, -0.25) is 18.9 Å². The van der Waals surface area contributed by atoms with Crippen LogP contribution in [0.4, 0.5) is 11.8 Å². The molecule has 0 radical (unpaired) electrons. The van der Waals surface area contributed by atoms with Crippen LogP contribution in [0.2, 0.25) is 0 Å². The van der Waals surface area contributed by atoms with E-state index in [9.17, 15) is 33.1 Å². The highest BCUT2D eigenvalue weighted by Gasteiger charge is 2.57. The number of aromatic nitrogens is 4. The number of benzene rings is 2. The van der Waals surface area contributed by atoms with Crippen molar-refractivity contribution >= 4 is 46.7 Å². The van der Waals surface area contributed by atoms with Crippen LogP contribution in [0.1, 0.15) is 38.5 Å². The molecule has 2 heterocycles. The van der Waals surface area contributed by atoms with Gasteiger partial charge in [0.25, 0.3) is 0 Å². The van der Waals surface area contributed by atoms with E-state index in [1.165, 1.54) is 21.1 Å². The van der Waals surface area contributed by atoms with Crippen molar-refractivity contribution in [2.75, 3.05) is 37.8 Å². The maximum Gasteiger partial charge on any atom is 0.459 e. The molecule has 21 heteroatoms. The van der Waals surface area contributed by atoms with Gasteiger partial charge in [-0.1, -0.05) is 43.3 Å². The molecule has 1 aliphatic carbocycles. The maximum absolute atomic E-state index is 14.3. The minimum atomic E-state index is -4.38. The summed E-state index contributed by atoms with van der Waals surface area (Å²) in [6, 6.07) is 15.2. The largest absolute Gasteiger partial charge is 0.496 e. The lowest BCUT2D eigenvalue weighted by molar-refractivity contribution is -0.177. The van der Waals surface area contributed by atoms with E-state index in [4.69, 9.17) is 24.3 Å². The monoisotopic (exact) mass is 778 g/mol. The van der Waals surface area contributed by atoms with Crippen molar-refractivity contribution in [3.8, 4) is 11.5 Å². The van der Waals surface area contributed by atoms with Gasteiger partial charge in [-0.15, -0.1) is 4.83 Å². The number of anilines is 2. The Bertz CT molecular complexity index is 2080. The molecule has 7 N–H and O–H groups in total. The van der Waals surface area contributed by atoms with Crippen molar-refractivity contribution in [1.29, 1.82) is 0 Å². The second-order valence-electron chi connectivity index (χ2n) is 13.0. The third kappa shape index (κ3) is 9.22. The number of carbonyl (C=O) groups is 1. The number of nitrogen functional groups attached to an aromatic ring is 1. The zero-order valence-corrected chi connectivity index (χ0v) is 31.3. The van der Waals surface area contributed by atoms with Crippen molar-refractivity contribution in [2.45, 2.75) is 56.8 Å². The third-order valence-electron chi connectivity index (χ3n) is 8.48. The summed E-state index contributed by atoms with van der Waals surface area (Å²) in [5.74, 6) is -1.35. The number of carbonyl (C=O) groups excluding carboxylic acids is 1. The van der Waals surface area contributed by atoms with E-state index in [1.54, 1.807) is 54.6 Å². The Kier molecular flexibility index (Phi) is 11.7. The average molecular weight is 779 g/mol. The van der Waals surface area contributed by atoms with Crippen molar-refractivity contribution < 1.29 is 51.6 Å². The van der Waals surface area contributed by atoms with Gasteiger partial charge in [-0.25, -0.2) is 18.0 Å². The minimum Gasteiger partial charge on any atom is -0.496 e. The van der Waals surface area contributed by atoms with E-state index < -0.39 is 59.7 Å². The Balaban J connectivity index is 1.32. The fourth-order valence-electron chi connectivity index (χ4n) is 5.49. The van der Waals surface area contributed by atoms with E-state index in [0.717, 1.165) is 29.1 Å². The van der Waals surface area contributed by atoms with Gasteiger partial charge >= 0.3 is 13.7 Å². The standard InChI is InChI=1S/C32H43N8O11PS/c1-20(25(41)31(2,44)28(42)40-19-34-24-26(35-30(33)36-27(24)40)39(3)38-53(5,46)47)17-50-52(45,51-22-12-7-6-8-13-22)37-32(15-16-32)29(43)49-18-21-11-9-10-14-23(21)48-4/h6-14,19-20,25,28,38,41-42,44H,15-18H2,1-5H3,(H,37,45)(H2,33,35,36)/t20?,25-,28?,31-,52?/m1/s1. The quantitative estimate of drug-likeness (QED) is 0.0476. The molecule has 5 atom stereocenters. The molecule has 0 bridgehead atoms. The van der Waals surface area contributed by atoms with E-state index in [1.807, 2.05) is 0 Å². The normalized spacial score (nSPS) is 17.9. The zero-order valence-electron chi connectivity index (χ0n) is 29.6. The molecule has 0 spiro atoms. The SMILES string of the molecule is COc1ccccc1COC(=O)C1(NP(=O)(OCC(C)[C@@H](O)[C@@](C)(O)C(O)n2cnc3c(N(C)NS(C)(=O)=O)nc(N)nc32)Oc2ccccc2)CC1. The fourth-order valence-corrected chi connectivity index (χ4v) is 7.91. The first-order valence-electron chi connectivity index (χ1n) is 16.3. The van der Waals surface area contributed by atoms with Gasteiger partial charge in [0.15, 0.2) is 23.2 Å². The third-order valence-corrected chi connectivity index (χ3v) is 10.7. The van der Waals surface area contributed by atoms with Crippen molar-refractivity contribution in [1.82, 2.24) is 29.4 Å². The maximum atomic E-state index is 14.3. The van der Waals surface area contributed by atoms with Gasteiger partial charge in [0.1, 0.15) is 29.2 Å². The van der Waals surface area contributed by atoms with Crippen LogP contribution < -0.4 is 29.9 Å². The number of nitrogens with zero attached hydrogens (tertiary/aromatic N) is 5. The molecule has 3 unspecified atom stereocenters. The Labute approximate surface area is 305 Å². The van der Waals surface area contributed by atoms with Crippen molar-refractivity contribution in [3.05, 3.63) is 66.5 Å². The van der Waals surface area contributed by atoms with Crippen LogP contribution in [-0.2, 0) is 35.3 Å². The first-order chi connectivity index (χ1) is 24.9. The van der Waals surface area contributed by atoms with Gasteiger partial charge in [0.05, 0.1) is 32.4 Å². The highest BCUT2D eigenvalue weighted by molar-refractivity contribution is 7.88. The number of ether oxygens (including phenoxy) is 2. The summed E-state index contributed by atoms with van der Waals surface area (Å²) < 4.78 is 61.4. The van der Waals surface area contributed by atoms with Crippen molar-refractivity contribution in [3.63, 3.8) is 0 Å². The molecule has 0 amide bonds. The van der Waals surface area contributed by atoms with E-state index in [2.05, 4.69) is 24.9 Å². The number of aliphatic hydroxyl groups excluding tert-OH is 2. The average Bonchev–Trinajstić information content (AvgIpc) is 3.77. The van der Waals surface area contributed by atoms with Gasteiger partial charge in [-0.2, -0.15) is 15.1 Å². The first-order valence-corrected chi connectivity index (χ1v) is 19.7. The lowest BCUT2D eigenvalue weighted by atomic mass is 9.88. The molecule has 2 aromatic heterocycles. The topological polar surface area (TPSA) is 263 Å². The number of methoxy groups -OCH3 is 1. The summed E-state index contributed by atoms with van der Waals surface area (Å²) in [6.45, 7) is 2.04. The Morgan fingerprint density at radius 3 is 2.45 bits per heavy atom. The number of fused-ring (bicyclic) bond motifs is 1. The molecule has 0 saturated heterocycles. The Morgan fingerprint density at radius 2 is 1.81 bits per heavy atom. The number of aliphatic hydroxyl groups is 3. The predicted molar refractivity (Wildman–Crippen MR) is 192 cm³/mol. The molecule has 53 heavy (non-hydrogen) atoms. The molecule has 19 nitrogen and oxygen atoms in total. The second kappa shape index (κ2) is 15.5. The van der Waals surface area contributed by atoms with E-state index >= 15 is 0 Å². The number of para-hydroxylation sites is 2. The van der Waals surface area contributed by atoms with Gasteiger partial charge in [-0.05, 0) is 38.0 Å². The molecule has 1 saturated carbocycles. The smallest absolute Gasteiger partial charge is 0.459 e. The molecule has 288 valence electrons. The molecule has 5 rings (SSSR count). The summed E-state index contributed by atoms with van der Waals surface area (Å²) in [5.41, 5.74) is 2.72. The van der Waals surface area contributed by atoms with Crippen LogP contribution in [0.5, 0.6) is 11.5 Å². The van der Waals surface area contributed by atoms with Crippen LogP contribution in [0.25, 0.3) is 11.2 Å². The highest BCUT2D eigenvalue weighted by atomic mass is 32.2. The fraction of sp³-hybridized carbons (Fsp3) is 0.438. The van der Waals surface area contributed by atoms with Gasteiger partial charge in [0, 0.05) is 18.5 Å². The molecule has 0 aliphatic heterocycles. The molecule has 4 aromatic rings. The van der Waals surface area contributed by atoms with Crippen LogP contribution in [-0.4, -0.2) is 93.5 Å². The summed E-state index contributed by atoms with van der Waals surface area (Å²) in [4.78, 5) is 27.8. The number of hydrogen-bond donors (Lipinski definition) is 6. The summed E-state index contributed by atoms with van der Waals surface area (Å²) in [6.07, 6.45) is -1.05. The number of imidazole rings is 1. The number of nitrogens with one attached hydrogen (secondary N) is 2. The number of hydrogen-bond acceptors (Lipinski definition) is 16. The zero-order chi connectivity index (χ0) is 38.8. The van der Waals surface area contributed by atoms with Crippen LogP contribution in [0.15, 0.2) is 60.9 Å². The summed E-state index contributed by atoms with van der Waals surface area (Å²) in [5, 5.41) is 38.0. The molecule has 2 aromatic carbocycles. The van der Waals surface area contributed by atoms with Crippen LogP contribution in [0.3, 0.4) is 0 Å². The Morgan fingerprint density at radius 1 is 1.15 bits per heavy atom. The molecular weight excluding hydrogens is 735 g/mol. The lowest BCUT2D eigenvalue weighted by Crippen LogP contribution is -2.51. The predicted octanol–water partition coefficient (Wildman–Crippen LogP) is 1.63. The Hall–Kier alpha value is -4.40. The number of hydrazine groups is 1. The van der Waals surface area contributed by atoms with Crippen molar-refractivity contribution in [2.24, 2.45) is 5.92 Å². The minimum absolute atomic E-state index is 0.0130. The number of rotatable bonds is 18.